The number of hydrogen-bond donors (Lipinski definition) is 1. The first-order valence-electron chi connectivity index (χ1n) is 4.74. The summed E-state index contributed by atoms with van der Waals surface area (Å²) in [7, 11) is 0. The second-order valence-corrected chi connectivity index (χ2v) is 3.31. The number of rotatable bonds is 3. The molecule has 0 unspecified atom stereocenters. The molecular weight excluding hydrogens is 204 g/mol. The first kappa shape index (κ1) is 10.2. The summed E-state index contributed by atoms with van der Waals surface area (Å²) in [4.78, 5) is 22.7. The Bertz CT molecular complexity index is 481. The van der Waals surface area contributed by atoms with Crippen molar-refractivity contribution in [3.8, 4) is 11.1 Å². The Hall–Kier alpha value is -2.30. The van der Waals surface area contributed by atoms with E-state index in [1.54, 1.807) is 24.7 Å². The van der Waals surface area contributed by atoms with Crippen LogP contribution in [0.1, 0.15) is 5.69 Å². The molecule has 1 amide bonds. The van der Waals surface area contributed by atoms with Gasteiger partial charge in [0.05, 0.1) is 6.42 Å². The van der Waals surface area contributed by atoms with E-state index in [2.05, 4.69) is 15.0 Å². The topological polar surface area (TPSA) is 81.8 Å². The summed E-state index contributed by atoms with van der Waals surface area (Å²) >= 11 is 0. The third-order valence-electron chi connectivity index (χ3n) is 2.07. The molecule has 2 heterocycles. The molecule has 0 fully saturated rings. The van der Waals surface area contributed by atoms with Crippen molar-refractivity contribution in [2.24, 2.45) is 5.73 Å². The molecule has 5 heteroatoms. The zero-order valence-electron chi connectivity index (χ0n) is 8.50. The normalized spacial score (nSPS) is 10.0. The molecule has 0 atom stereocenters. The third-order valence-corrected chi connectivity index (χ3v) is 2.07. The van der Waals surface area contributed by atoms with E-state index in [0.717, 1.165) is 11.1 Å². The van der Waals surface area contributed by atoms with Crippen molar-refractivity contribution >= 4 is 5.91 Å². The number of pyridine rings is 1. The molecule has 0 aromatic carbocycles. The van der Waals surface area contributed by atoms with Crippen molar-refractivity contribution in [3.05, 3.63) is 42.7 Å². The Labute approximate surface area is 92.4 Å². The molecule has 2 rings (SSSR count). The first-order valence-corrected chi connectivity index (χ1v) is 4.74. The highest BCUT2D eigenvalue weighted by Gasteiger charge is 2.01. The van der Waals surface area contributed by atoms with Gasteiger partial charge in [0.2, 0.25) is 5.91 Å². The van der Waals surface area contributed by atoms with Gasteiger partial charge >= 0.3 is 0 Å². The van der Waals surface area contributed by atoms with Crippen molar-refractivity contribution in [2.45, 2.75) is 6.42 Å². The van der Waals surface area contributed by atoms with Crippen LogP contribution in [0.2, 0.25) is 0 Å². The Balaban J connectivity index is 2.23. The highest BCUT2D eigenvalue weighted by molar-refractivity contribution is 5.76. The number of hydrogen-bond acceptors (Lipinski definition) is 4. The maximum atomic E-state index is 10.7. The molecular formula is C11H10N4O. The van der Waals surface area contributed by atoms with E-state index >= 15 is 0 Å². The van der Waals surface area contributed by atoms with Crippen LogP contribution in [-0.4, -0.2) is 20.9 Å². The Morgan fingerprint density at radius 3 is 2.44 bits per heavy atom. The van der Waals surface area contributed by atoms with Gasteiger partial charge in [-0.3, -0.25) is 9.78 Å². The predicted octanol–water partition coefficient (Wildman–Crippen LogP) is 0.566. The van der Waals surface area contributed by atoms with Crippen molar-refractivity contribution in [2.75, 3.05) is 0 Å². The maximum absolute atomic E-state index is 10.7. The fraction of sp³-hybridized carbons (Fsp3) is 0.0909. The number of carbonyl (C=O) groups excluding carboxylic acids is 1. The summed E-state index contributed by atoms with van der Waals surface area (Å²) in [5.74, 6) is -0.386. The van der Waals surface area contributed by atoms with Gasteiger partial charge in [-0.15, -0.1) is 0 Å². The largest absolute Gasteiger partial charge is 0.369 e. The summed E-state index contributed by atoms with van der Waals surface area (Å²) in [5.41, 5.74) is 7.54. The highest BCUT2D eigenvalue weighted by atomic mass is 16.1. The standard InChI is InChI=1S/C11H10N4O/c12-11(16)3-10-2-1-8(6-15-10)9-4-13-7-14-5-9/h1-2,4-7H,3H2,(H2,12,16). The second-order valence-electron chi connectivity index (χ2n) is 3.31. The third kappa shape index (κ3) is 2.38. The molecule has 0 saturated heterocycles. The van der Waals surface area contributed by atoms with Gasteiger partial charge in [0.1, 0.15) is 6.33 Å². The van der Waals surface area contributed by atoms with E-state index in [-0.39, 0.29) is 12.3 Å². The van der Waals surface area contributed by atoms with Crippen molar-refractivity contribution < 1.29 is 4.79 Å². The lowest BCUT2D eigenvalue weighted by molar-refractivity contribution is -0.117. The molecule has 0 aliphatic carbocycles. The minimum atomic E-state index is -0.386. The van der Waals surface area contributed by atoms with Crippen LogP contribution in [-0.2, 0) is 11.2 Å². The van der Waals surface area contributed by atoms with Crippen LogP contribution in [0.5, 0.6) is 0 Å². The molecule has 80 valence electrons. The van der Waals surface area contributed by atoms with Crippen molar-refractivity contribution in [3.63, 3.8) is 0 Å². The fourth-order valence-electron chi connectivity index (χ4n) is 1.33. The number of carbonyl (C=O) groups is 1. The molecule has 2 aromatic rings. The summed E-state index contributed by atoms with van der Waals surface area (Å²) in [5, 5.41) is 0. The highest BCUT2D eigenvalue weighted by Crippen LogP contribution is 2.15. The van der Waals surface area contributed by atoms with Crippen LogP contribution in [0.15, 0.2) is 37.1 Å². The number of aromatic nitrogens is 3. The predicted molar refractivity (Wildman–Crippen MR) is 58.2 cm³/mol. The summed E-state index contributed by atoms with van der Waals surface area (Å²) in [6, 6.07) is 3.64. The van der Waals surface area contributed by atoms with E-state index in [1.807, 2.05) is 6.07 Å². The lowest BCUT2D eigenvalue weighted by Crippen LogP contribution is -2.14. The number of primary amides is 1. The van der Waals surface area contributed by atoms with Crippen LogP contribution in [0.25, 0.3) is 11.1 Å². The zero-order valence-corrected chi connectivity index (χ0v) is 8.50. The first-order chi connectivity index (χ1) is 7.75. The minimum Gasteiger partial charge on any atom is -0.369 e. The fourth-order valence-corrected chi connectivity index (χ4v) is 1.33. The smallest absolute Gasteiger partial charge is 0.223 e. The van der Waals surface area contributed by atoms with Crippen LogP contribution < -0.4 is 5.73 Å². The number of nitrogens with zero attached hydrogens (tertiary/aromatic N) is 3. The quantitative estimate of drug-likeness (QED) is 0.809. The van der Waals surface area contributed by atoms with Gasteiger partial charge < -0.3 is 5.73 Å². The molecule has 0 radical (unpaired) electrons. The monoisotopic (exact) mass is 214 g/mol. The molecule has 0 bridgehead atoms. The Kier molecular flexibility index (Phi) is 2.86. The van der Waals surface area contributed by atoms with Crippen molar-refractivity contribution in [1.82, 2.24) is 15.0 Å². The van der Waals surface area contributed by atoms with Crippen LogP contribution in [0.4, 0.5) is 0 Å². The van der Waals surface area contributed by atoms with Crippen molar-refractivity contribution in [1.29, 1.82) is 0 Å². The molecule has 0 saturated carbocycles. The van der Waals surface area contributed by atoms with Gasteiger partial charge in [-0.1, -0.05) is 6.07 Å². The van der Waals surface area contributed by atoms with Gasteiger partial charge in [0.15, 0.2) is 0 Å². The minimum absolute atomic E-state index is 0.158. The van der Waals surface area contributed by atoms with E-state index in [9.17, 15) is 4.79 Å². The number of amides is 1. The van der Waals surface area contributed by atoms with E-state index in [1.165, 1.54) is 6.33 Å². The molecule has 0 spiro atoms. The van der Waals surface area contributed by atoms with Crippen LogP contribution in [0, 0.1) is 0 Å². The van der Waals surface area contributed by atoms with Gasteiger partial charge in [-0.25, -0.2) is 9.97 Å². The second kappa shape index (κ2) is 4.48. The lowest BCUT2D eigenvalue weighted by Gasteiger charge is -2.01. The summed E-state index contributed by atoms with van der Waals surface area (Å²) < 4.78 is 0. The summed E-state index contributed by atoms with van der Waals surface area (Å²) in [6.45, 7) is 0. The molecule has 16 heavy (non-hydrogen) atoms. The molecule has 0 aliphatic rings. The maximum Gasteiger partial charge on any atom is 0.223 e. The molecule has 5 nitrogen and oxygen atoms in total. The summed E-state index contributed by atoms with van der Waals surface area (Å²) in [6.07, 6.45) is 6.72. The average Bonchev–Trinajstić information content (AvgIpc) is 2.30. The average molecular weight is 214 g/mol. The zero-order chi connectivity index (χ0) is 11.4. The van der Waals surface area contributed by atoms with Gasteiger partial charge in [0.25, 0.3) is 0 Å². The lowest BCUT2D eigenvalue weighted by atomic mass is 10.1. The van der Waals surface area contributed by atoms with E-state index in [0.29, 0.717) is 5.69 Å². The van der Waals surface area contributed by atoms with Gasteiger partial charge in [-0.2, -0.15) is 0 Å². The van der Waals surface area contributed by atoms with Crippen LogP contribution in [0.3, 0.4) is 0 Å². The Morgan fingerprint density at radius 1 is 1.12 bits per heavy atom. The number of nitrogens with two attached hydrogens (primary N) is 1. The van der Waals surface area contributed by atoms with E-state index in [4.69, 9.17) is 5.73 Å². The van der Waals surface area contributed by atoms with Crippen LogP contribution >= 0.6 is 0 Å². The molecule has 2 N–H and O–H groups in total. The van der Waals surface area contributed by atoms with E-state index < -0.39 is 0 Å². The van der Waals surface area contributed by atoms with Gasteiger partial charge in [0, 0.05) is 35.4 Å². The van der Waals surface area contributed by atoms with Gasteiger partial charge in [-0.05, 0) is 6.07 Å². The molecule has 0 aliphatic heterocycles. The SMILES string of the molecule is NC(=O)Cc1ccc(-c2cncnc2)cn1. The molecule has 2 aromatic heterocycles. The Morgan fingerprint density at radius 2 is 1.88 bits per heavy atom.